The molecule has 3 nitrogen and oxygen atoms in total. The van der Waals surface area contributed by atoms with Crippen LogP contribution in [0.2, 0.25) is 0 Å². The van der Waals surface area contributed by atoms with Crippen molar-refractivity contribution in [1.82, 2.24) is 5.32 Å². The third-order valence-corrected chi connectivity index (χ3v) is 12.1. The molecule has 5 aliphatic rings. The van der Waals surface area contributed by atoms with Crippen LogP contribution in [0.5, 0.6) is 11.5 Å². The molecule has 1 spiro atoms. The van der Waals surface area contributed by atoms with Gasteiger partial charge in [0, 0.05) is 27.8 Å². The molecule has 2 unspecified atom stereocenters. The third kappa shape index (κ3) is 4.72. The molecule has 0 saturated carbocycles. The minimum Gasteiger partial charge on any atom is -0.456 e. The van der Waals surface area contributed by atoms with Crippen LogP contribution in [0.25, 0.3) is 27.8 Å². The first-order valence-corrected chi connectivity index (χ1v) is 19.3. The lowest BCUT2D eigenvalue weighted by Crippen LogP contribution is -2.39. The van der Waals surface area contributed by atoms with Crippen molar-refractivity contribution in [2.75, 3.05) is 0 Å². The molecule has 2 aliphatic heterocycles. The molecular weight excluding hydrogens is 669 g/mol. The average Bonchev–Trinajstić information content (AvgIpc) is 3.54. The van der Waals surface area contributed by atoms with Crippen LogP contribution >= 0.6 is 0 Å². The monoisotopic (exact) mass is 706 g/mol. The van der Waals surface area contributed by atoms with E-state index in [2.05, 4.69) is 194 Å². The van der Waals surface area contributed by atoms with E-state index >= 15 is 0 Å². The summed E-state index contributed by atoms with van der Waals surface area (Å²) in [6.45, 7) is 2.34. The van der Waals surface area contributed by atoms with Gasteiger partial charge in [0.1, 0.15) is 17.3 Å². The van der Waals surface area contributed by atoms with E-state index in [1.54, 1.807) is 0 Å². The average molecular weight is 707 g/mol. The van der Waals surface area contributed by atoms with E-state index in [9.17, 15) is 0 Å². The SMILES string of the molecule is CC1CC(c2ccccc2-c2cccc3c2Oc2ccccc2C32c3ccccc3-c3ccccc32)=CC=C1C1=C2C=CC=CC2NC(c2ccccc2)=N1. The Morgan fingerprint density at radius 1 is 0.600 bits per heavy atom. The zero-order valence-electron chi connectivity index (χ0n) is 30.5. The van der Waals surface area contributed by atoms with Gasteiger partial charge in [0.05, 0.1) is 17.2 Å². The maximum absolute atomic E-state index is 7.07. The van der Waals surface area contributed by atoms with Crippen molar-refractivity contribution < 1.29 is 4.74 Å². The Hall–Kier alpha value is -6.71. The van der Waals surface area contributed by atoms with Gasteiger partial charge >= 0.3 is 0 Å². The number of fused-ring (bicyclic) bond motifs is 10. The van der Waals surface area contributed by atoms with E-state index in [1.165, 1.54) is 61.2 Å². The molecule has 0 fully saturated rings. The highest BCUT2D eigenvalue weighted by Gasteiger charge is 2.51. The van der Waals surface area contributed by atoms with Gasteiger partial charge < -0.3 is 10.1 Å². The first kappa shape index (κ1) is 31.8. The van der Waals surface area contributed by atoms with Crippen molar-refractivity contribution in [3.63, 3.8) is 0 Å². The van der Waals surface area contributed by atoms with Crippen LogP contribution < -0.4 is 10.1 Å². The molecular formula is C52H38N2O. The lowest BCUT2D eigenvalue weighted by molar-refractivity contribution is 0.438. The lowest BCUT2D eigenvalue weighted by atomic mass is 9.65. The van der Waals surface area contributed by atoms with Gasteiger partial charge in [-0.05, 0) is 62.9 Å². The maximum atomic E-state index is 7.07. The largest absolute Gasteiger partial charge is 0.456 e. The van der Waals surface area contributed by atoms with Gasteiger partial charge in [-0.2, -0.15) is 0 Å². The highest BCUT2D eigenvalue weighted by Crippen LogP contribution is 2.63. The molecule has 0 saturated heterocycles. The van der Waals surface area contributed by atoms with Gasteiger partial charge in [-0.3, -0.25) is 0 Å². The van der Waals surface area contributed by atoms with Crippen LogP contribution in [0.1, 0.15) is 46.7 Å². The van der Waals surface area contributed by atoms with Crippen molar-refractivity contribution in [2.24, 2.45) is 10.9 Å². The van der Waals surface area contributed by atoms with Crippen LogP contribution in [-0.2, 0) is 5.41 Å². The molecule has 262 valence electrons. The number of ether oxygens (including phenoxy) is 1. The maximum Gasteiger partial charge on any atom is 0.140 e. The summed E-state index contributed by atoms with van der Waals surface area (Å²) in [7, 11) is 0. The predicted molar refractivity (Wildman–Crippen MR) is 224 cm³/mol. The number of nitrogens with one attached hydrogen (secondary N) is 1. The number of para-hydroxylation sites is 2. The number of benzene rings is 6. The number of hydrogen-bond acceptors (Lipinski definition) is 3. The minimum absolute atomic E-state index is 0.0865. The molecule has 6 aromatic carbocycles. The summed E-state index contributed by atoms with van der Waals surface area (Å²) in [5, 5.41) is 3.68. The fraction of sp³-hybridized carbons (Fsp3) is 0.0962. The number of allylic oxidation sites excluding steroid dienone is 6. The van der Waals surface area contributed by atoms with E-state index in [1.807, 2.05) is 0 Å². The Labute approximate surface area is 322 Å². The van der Waals surface area contributed by atoms with Gasteiger partial charge in [-0.25, -0.2) is 4.99 Å². The van der Waals surface area contributed by atoms with Gasteiger partial charge in [0.25, 0.3) is 0 Å². The molecule has 0 amide bonds. The molecule has 11 rings (SSSR count). The number of nitrogens with zero attached hydrogens (tertiary/aromatic N) is 1. The quantitative estimate of drug-likeness (QED) is 0.198. The van der Waals surface area contributed by atoms with Crippen molar-refractivity contribution in [1.29, 1.82) is 0 Å². The summed E-state index contributed by atoms with van der Waals surface area (Å²) in [6.07, 6.45) is 14.2. The summed E-state index contributed by atoms with van der Waals surface area (Å²) in [5.41, 5.74) is 16.5. The summed E-state index contributed by atoms with van der Waals surface area (Å²) >= 11 is 0. The van der Waals surface area contributed by atoms with Gasteiger partial charge in [-0.15, -0.1) is 0 Å². The second-order valence-corrected chi connectivity index (χ2v) is 15.1. The highest BCUT2D eigenvalue weighted by molar-refractivity contribution is 6.01. The Morgan fingerprint density at radius 3 is 2.00 bits per heavy atom. The smallest absolute Gasteiger partial charge is 0.140 e. The zero-order valence-corrected chi connectivity index (χ0v) is 30.5. The molecule has 0 radical (unpaired) electrons. The molecule has 2 atom stereocenters. The fourth-order valence-electron chi connectivity index (χ4n) is 9.69. The first-order chi connectivity index (χ1) is 27.2. The standard InChI is InChI=1S/C52H38N2O/c1-33-32-35(30-31-36(33)49-42-22-9-13-28-47(42)53-51(54-49)34-16-3-2-4-17-34)37-18-5-6-19-38(37)41-23-15-27-46-50(41)55-48-29-14-12-26-45(48)52(46)43-24-10-7-20-39(43)40-21-8-11-25-44(40)52/h2-31,33,47H,32H2,1H3,(H,53,54). The molecule has 0 bridgehead atoms. The van der Waals surface area contributed by atoms with Gasteiger partial charge in [-0.1, -0.05) is 183 Å². The van der Waals surface area contributed by atoms with E-state index in [0.29, 0.717) is 0 Å². The van der Waals surface area contributed by atoms with Crippen molar-refractivity contribution in [3.8, 4) is 33.8 Å². The second kappa shape index (κ2) is 12.4. The van der Waals surface area contributed by atoms with Crippen molar-refractivity contribution >= 4 is 11.4 Å². The van der Waals surface area contributed by atoms with Gasteiger partial charge in [0.2, 0.25) is 0 Å². The molecule has 3 heteroatoms. The van der Waals surface area contributed by atoms with Gasteiger partial charge in [0.15, 0.2) is 0 Å². The lowest BCUT2D eigenvalue weighted by Gasteiger charge is -2.40. The number of hydrogen-bond donors (Lipinski definition) is 1. The Bertz CT molecular complexity index is 2710. The number of amidine groups is 1. The number of aliphatic imine (C=N–C) groups is 1. The topological polar surface area (TPSA) is 33.6 Å². The highest BCUT2D eigenvalue weighted by atomic mass is 16.5. The van der Waals surface area contributed by atoms with E-state index in [4.69, 9.17) is 9.73 Å². The van der Waals surface area contributed by atoms with Crippen LogP contribution in [0.15, 0.2) is 204 Å². The molecule has 2 heterocycles. The van der Waals surface area contributed by atoms with Crippen LogP contribution in [0, 0.1) is 5.92 Å². The third-order valence-electron chi connectivity index (χ3n) is 12.1. The van der Waals surface area contributed by atoms with E-state index < -0.39 is 5.41 Å². The second-order valence-electron chi connectivity index (χ2n) is 15.1. The Morgan fingerprint density at radius 2 is 1.24 bits per heavy atom. The molecule has 55 heavy (non-hydrogen) atoms. The van der Waals surface area contributed by atoms with Crippen LogP contribution in [0.4, 0.5) is 0 Å². The normalized spacial score (nSPS) is 19.5. The summed E-state index contributed by atoms with van der Waals surface area (Å²) < 4.78 is 7.07. The fourth-order valence-corrected chi connectivity index (χ4v) is 9.69. The van der Waals surface area contributed by atoms with Crippen molar-refractivity contribution in [3.05, 3.63) is 232 Å². The Balaban J connectivity index is 1.06. The molecule has 3 aliphatic carbocycles. The summed E-state index contributed by atoms with van der Waals surface area (Å²) in [5.74, 6) is 3.00. The van der Waals surface area contributed by atoms with Crippen LogP contribution in [0.3, 0.4) is 0 Å². The van der Waals surface area contributed by atoms with Crippen molar-refractivity contribution in [2.45, 2.75) is 24.8 Å². The zero-order chi connectivity index (χ0) is 36.5. The molecule has 6 aromatic rings. The molecule has 0 aromatic heterocycles. The first-order valence-electron chi connectivity index (χ1n) is 19.3. The Kier molecular flexibility index (Phi) is 7.18. The van der Waals surface area contributed by atoms with E-state index in [0.717, 1.165) is 40.6 Å². The summed E-state index contributed by atoms with van der Waals surface area (Å²) in [4.78, 5) is 5.29. The summed E-state index contributed by atoms with van der Waals surface area (Å²) in [6, 6.07) is 52.6. The minimum atomic E-state index is -0.498. The van der Waals surface area contributed by atoms with Crippen LogP contribution in [-0.4, -0.2) is 11.9 Å². The number of rotatable bonds is 4. The predicted octanol–water partition coefficient (Wildman–Crippen LogP) is 12.0. The van der Waals surface area contributed by atoms with E-state index in [-0.39, 0.29) is 12.0 Å². The molecule has 1 N–H and O–H groups in total.